The Kier molecular flexibility index (Phi) is 2.47. The second-order valence-electron chi connectivity index (χ2n) is 4.28. The van der Waals surface area contributed by atoms with Crippen molar-refractivity contribution in [2.24, 2.45) is 7.05 Å². The summed E-state index contributed by atoms with van der Waals surface area (Å²) >= 11 is 1.52. The monoisotopic (exact) mass is 250 g/mol. The topological polar surface area (TPSA) is 52.2 Å². The number of nitrogens with zero attached hydrogens (tertiary/aromatic N) is 4. The van der Waals surface area contributed by atoms with Gasteiger partial charge in [0, 0.05) is 12.6 Å². The fraction of sp³-hybridized carbons (Fsp3) is 0.545. The molecule has 0 amide bonds. The van der Waals surface area contributed by atoms with E-state index < -0.39 is 0 Å². The second-order valence-corrected chi connectivity index (χ2v) is 5.06. The van der Waals surface area contributed by atoms with Crippen LogP contribution < -0.4 is 5.56 Å². The summed E-state index contributed by atoms with van der Waals surface area (Å²) in [6.45, 7) is 0. The van der Waals surface area contributed by atoms with Crippen LogP contribution in [0.15, 0.2) is 9.95 Å². The molecule has 0 fully saturated rings. The third-order valence-electron chi connectivity index (χ3n) is 3.27. The first-order valence-electron chi connectivity index (χ1n) is 5.74. The van der Waals surface area contributed by atoms with E-state index in [2.05, 4.69) is 9.97 Å². The number of aryl methyl sites for hydroxylation is 2. The molecule has 0 spiro atoms. The Labute approximate surface area is 103 Å². The lowest BCUT2D eigenvalue weighted by Crippen LogP contribution is -2.27. The summed E-state index contributed by atoms with van der Waals surface area (Å²) in [6.07, 6.45) is 5.92. The van der Waals surface area contributed by atoms with Crippen LogP contribution in [0.5, 0.6) is 0 Å². The van der Waals surface area contributed by atoms with Gasteiger partial charge in [0.1, 0.15) is 0 Å². The molecule has 1 aliphatic carbocycles. The van der Waals surface area contributed by atoms with Crippen LogP contribution in [0.3, 0.4) is 0 Å². The number of thioether (sulfide) groups is 1. The summed E-state index contributed by atoms with van der Waals surface area (Å²) in [6, 6.07) is 0. The first-order valence-corrected chi connectivity index (χ1v) is 6.96. The predicted molar refractivity (Wildman–Crippen MR) is 66.7 cm³/mol. The molecule has 0 aliphatic heterocycles. The van der Waals surface area contributed by atoms with Crippen LogP contribution in [0.1, 0.15) is 24.1 Å². The largest absolute Gasteiger partial charge is 0.277 e. The molecule has 5 nitrogen and oxygen atoms in total. The zero-order chi connectivity index (χ0) is 12.0. The van der Waals surface area contributed by atoms with Crippen molar-refractivity contribution < 1.29 is 0 Å². The Morgan fingerprint density at radius 3 is 2.76 bits per heavy atom. The molecule has 0 bridgehead atoms. The van der Waals surface area contributed by atoms with E-state index in [0.29, 0.717) is 5.78 Å². The van der Waals surface area contributed by atoms with Gasteiger partial charge in [0.2, 0.25) is 0 Å². The molecule has 2 aromatic rings. The standard InChI is InChI=1S/C11H14N4OS/c1-14-11(17-2)13-10-12-8-6-4-3-5-7(8)9(16)15(10)14/h3-6H2,1-2H3. The van der Waals surface area contributed by atoms with E-state index in [4.69, 9.17) is 0 Å². The summed E-state index contributed by atoms with van der Waals surface area (Å²) in [5.74, 6) is 0.530. The van der Waals surface area contributed by atoms with Gasteiger partial charge in [-0.05, 0) is 31.9 Å². The van der Waals surface area contributed by atoms with Gasteiger partial charge in [-0.25, -0.2) is 4.98 Å². The highest BCUT2D eigenvalue weighted by Crippen LogP contribution is 2.18. The summed E-state index contributed by atoms with van der Waals surface area (Å²) in [7, 11) is 1.85. The van der Waals surface area contributed by atoms with E-state index >= 15 is 0 Å². The Morgan fingerprint density at radius 2 is 2.00 bits per heavy atom. The van der Waals surface area contributed by atoms with Crippen molar-refractivity contribution in [1.82, 2.24) is 19.2 Å². The summed E-state index contributed by atoms with van der Waals surface area (Å²) < 4.78 is 3.36. The van der Waals surface area contributed by atoms with Gasteiger partial charge in [0.25, 0.3) is 11.3 Å². The van der Waals surface area contributed by atoms with Gasteiger partial charge in [-0.1, -0.05) is 11.8 Å². The second kappa shape index (κ2) is 3.87. The zero-order valence-electron chi connectivity index (χ0n) is 9.93. The van der Waals surface area contributed by atoms with Crippen LogP contribution in [-0.2, 0) is 19.9 Å². The SMILES string of the molecule is CSc1nc2nc3c(c(=O)n2n1C)CCCC3. The minimum Gasteiger partial charge on any atom is -0.267 e. The van der Waals surface area contributed by atoms with E-state index in [1.54, 1.807) is 9.20 Å². The fourth-order valence-electron chi connectivity index (χ4n) is 2.39. The van der Waals surface area contributed by atoms with E-state index in [9.17, 15) is 4.79 Å². The Hall–Kier alpha value is -1.30. The lowest BCUT2D eigenvalue weighted by Gasteiger charge is -2.13. The molecule has 17 heavy (non-hydrogen) atoms. The lowest BCUT2D eigenvalue weighted by atomic mass is 9.97. The Balaban J connectivity index is 2.39. The highest BCUT2D eigenvalue weighted by Gasteiger charge is 2.19. The van der Waals surface area contributed by atoms with Crippen LogP contribution in [0, 0.1) is 0 Å². The van der Waals surface area contributed by atoms with Crippen molar-refractivity contribution in [3.05, 3.63) is 21.6 Å². The Morgan fingerprint density at radius 1 is 1.24 bits per heavy atom. The molecule has 0 N–H and O–H groups in total. The average Bonchev–Trinajstić information content (AvgIpc) is 2.66. The molecular weight excluding hydrogens is 236 g/mol. The van der Waals surface area contributed by atoms with Crippen LogP contribution in [-0.4, -0.2) is 25.4 Å². The van der Waals surface area contributed by atoms with E-state index in [-0.39, 0.29) is 5.56 Å². The quantitative estimate of drug-likeness (QED) is 0.709. The first kappa shape index (κ1) is 10.8. The van der Waals surface area contributed by atoms with Gasteiger partial charge < -0.3 is 0 Å². The molecule has 0 saturated heterocycles. The van der Waals surface area contributed by atoms with Gasteiger partial charge in [-0.3, -0.25) is 9.48 Å². The normalized spacial score (nSPS) is 15.2. The van der Waals surface area contributed by atoms with Crippen LogP contribution in [0.2, 0.25) is 0 Å². The summed E-state index contributed by atoms with van der Waals surface area (Å²) in [4.78, 5) is 21.3. The molecule has 0 saturated carbocycles. The molecule has 3 rings (SSSR count). The van der Waals surface area contributed by atoms with Gasteiger partial charge in [0.15, 0.2) is 5.16 Å². The maximum absolute atomic E-state index is 12.4. The van der Waals surface area contributed by atoms with Crippen molar-refractivity contribution >= 4 is 17.5 Å². The molecule has 6 heteroatoms. The number of fused-ring (bicyclic) bond motifs is 2. The summed E-state index contributed by atoms with van der Waals surface area (Å²) in [5.41, 5.74) is 1.89. The van der Waals surface area contributed by atoms with E-state index in [1.165, 1.54) is 11.8 Å². The number of rotatable bonds is 1. The molecule has 1 aliphatic rings. The molecular formula is C11H14N4OS. The third kappa shape index (κ3) is 1.50. The molecule has 0 aromatic carbocycles. The number of hydrogen-bond donors (Lipinski definition) is 0. The fourth-order valence-corrected chi connectivity index (χ4v) is 2.91. The van der Waals surface area contributed by atoms with E-state index in [1.807, 2.05) is 13.3 Å². The maximum atomic E-state index is 12.4. The highest BCUT2D eigenvalue weighted by atomic mass is 32.2. The number of hydrogen-bond acceptors (Lipinski definition) is 4. The highest BCUT2D eigenvalue weighted by molar-refractivity contribution is 7.98. The van der Waals surface area contributed by atoms with Crippen molar-refractivity contribution in [2.75, 3.05) is 6.26 Å². The maximum Gasteiger partial charge on any atom is 0.277 e. The van der Waals surface area contributed by atoms with Crippen molar-refractivity contribution in [3.8, 4) is 0 Å². The van der Waals surface area contributed by atoms with E-state index in [0.717, 1.165) is 42.1 Å². The van der Waals surface area contributed by atoms with Crippen LogP contribution in [0.25, 0.3) is 5.78 Å². The molecule has 2 heterocycles. The first-order chi connectivity index (χ1) is 8.22. The average molecular weight is 250 g/mol. The zero-order valence-corrected chi connectivity index (χ0v) is 10.8. The van der Waals surface area contributed by atoms with Gasteiger partial charge >= 0.3 is 0 Å². The van der Waals surface area contributed by atoms with Crippen LogP contribution in [0.4, 0.5) is 0 Å². The lowest BCUT2D eigenvalue weighted by molar-refractivity contribution is 0.594. The van der Waals surface area contributed by atoms with Gasteiger partial charge in [-0.2, -0.15) is 9.50 Å². The molecule has 0 atom stereocenters. The molecule has 90 valence electrons. The molecule has 0 radical (unpaired) electrons. The summed E-state index contributed by atoms with van der Waals surface area (Å²) in [5, 5.41) is 0.817. The predicted octanol–water partition coefficient (Wildman–Crippen LogP) is 1.03. The minimum absolute atomic E-state index is 0.0556. The van der Waals surface area contributed by atoms with Gasteiger partial charge in [-0.15, -0.1) is 0 Å². The molecule has 0 unspecified atom stereocenters. The van der Waals surface area contributed by atoms with Crippen molar-refractivity contribution in [1.29, 1.82) is 0 Å². The van der Waals surface area contributed by atoms with Crippen molar-refractivity contribution in [3.63, 3.8) is 0 Å². The smallest absolute Gasteiger partial charge is 0.267 e. The minimum atomic E-state index is 0.0556. The van der Waals surface area contributed by atoms with Crippen LogP contribution >= 0.6 is 11.8 Å². The third-order valence-corrected chi connectivity index (χ3v) is 3.99. The number of aromatic nitrogens is 4. The Bertz CT molecular complexity index is 643. The molecule has 2 aromatic heterocycles. The van der Waals surface area contributed by atoms with Gasteiger partial charge in [0.05, 0.1) is 5.69 Å². The van der Waals surface area contributed by atoms with Crippen molar-refractivity contribution in [2.45, 2.75) is 30.8 Å².